The topological polar surface area (TPSA) is 68.0 Å². The monoisotopic (exact) mass is 217 g/mol. The van der Waals surface area contributed by atoms with Gasteiger partial charge in [0.25, 0.3) is 0 Å². The summed E-state index contributed by atoms with van der Waals surface area (Å²) in [4.78, 5) is 14.9. The van der Waals surface area contributed by atoms with Gasteiger partial charge in [-0.15, -0.1) is 11.6 Å². The SMILES string of the molecule is CC(CNC(=O)CCCl)c1ncon1. The van der Waals surface area contributed by atoms with E-state index >= 15 is 0 Å². The standard InChI is InChI=1S/C8H12ClN3O2/c1-6(8-11-5-14-12-8)4-10-7(13)2-3-9/h5-6H,2-4H2,1H3,(H,10,13). The second-order valence-electron chi connectivity index (χ2n) is 2.93. The Morgan fingerprint density at radius 2 is 2.57 bits per heavy atom. The van der Waals surface area contributed by atoms with Crippen LogP contribution in [0, 0.1) is 0 Å². The van der Waals surface area contributed by atoms with Crippen molar-refractivity contribution in [2.75, 3.05) is 12.4 Å². The summed E-state index contributed by atoms with van der Waals surface area (Å²) in [5.41, 5.74) is 0. The second-order valence-corrected chi connectivity index (χ2v) is 3.31. The Hall–Kier alpha value is -1.10. The highest BCUT2D eigenvalue weighted by molar-refractivity contribution is 6.18. The molecule has 78 valence electrons. The van der Waals surface area contributed by atoms with E-state index in [1.165, 1.54) is 6.39 Å². The van der Waals surface area contributed by atoms with Gasteiger partial charge < -0.3 is 9.84 Å². The number of amides is 1. The smallest absolute Gasteiger partial charge is 0.221 e. The van der Waals surface area contributed by atoms with Gasteiger partial charge in [-0.25, -0.2) is 0 Å². The van der Waals surface area contributed by atoms with Crippen LogP contribution in [-0.2, 0) is 4.79 Å². The van der Waals surface area contributed by atoms with Gasteiger partial charge in [-0.2, -0.15) is 4.98 Å². The lowest BCUT2D eigenvalue weighted by molar-refractivity contribution is -0.120. The minimum absolute atomic E-state index is 0.0491. The molecule has 1 amide bonds. The third-order valence-electron chi connectivity index (χ3n) is 1.75. The first-order chi connectivity index (χ1) is 6.74. The van der Waals surface area contributed by atoms with Crippen LogP contribution >= 0.6 is 11.6 Å². The van der Waals surface area contributed by atoms with Crippen LogP contribution in [0.2, 0.25) is 0 Å². The molecule has 1 aromatic rings. The number of aromatic nitrogens is 2. The first-order valence-corrected chi connectivity index (χ1v) is 4.86. The third kappa shape index (κ3) is 3.33. The van der Waals surface area contributed by atoms with Gasteiger partial charge in [-0.1, -0.05) is 12.1 Å². The Morgan fingerprint density at radius 3 is 3.14 bits per heavy atom. The molecule has 0 aliphatic heterocycles. The molecule has 0 saturated heterocycles. The Kier molecular flexibility index (Phi) is 4.39. The van der Waals surface area contributed by atoms with Crippen LogP contribution in [0.4, 0.5) is 0 Å². The normalized spacial score (nSPS) is 12.4. The van der Waals surface area contributed by atoms with Gasteiger partial charge in [0, 0.05) is 24.8 Å². The quantitative estimate of drug-likeness (QED) is 0.745. The van der Waals surface area contributed by atoms with Crippen LogP contribution in [0.25, 0.3) is 0 Å². The molecule has 0 aliphatic rings. The van der Waals surface area contributed by atoms with Crippen molar-refractivity contribution in [2.45, 2.75) is 19.3 Å². The number of carbonyl (C=O) groups is 1. The van der Waals surface area contributed by atoms with Crippen LogP contribution in [-0.4, -0.2) is 28.5 Å². The molecule has 0 spiro atoms. The zero-order chi connectivity index (χ0) is 10.4. The van der Waals surface area contributed by atoms with Gasteiger partial charge in [0.1, 0.15) is 0 Å². The zero-order valence-electron chi connectivity index (χ0n) is 7.86. The maximum absolute atomic E-state index is 11.1. The molecule has 0 radical (unpaired) electrons. The zero-order valence-corrected chi connectivity index (χ0v) is 8.62. The van der Waals surface area contributed by atoms with E-state index < -0.39 is 0 Å². The molecule has 0 saturated carbocycles. The molecule has 14 heavy (non-hydrogen) atoms. The van der Waals surface area contributed by atoms with Crippen molar-refractivity contribution in [1.29, 1.82) is 0 Å². The van der Waals surface area contributed by atoms with Crippen LogP contribution < -0.4 is 5.32 Å². The maximum Gasteiger partial charge on any atom is 0.221 e. The van der Waals surface area contributed by atoms with Crippen molar-refractivity contribution in [1.82, 2.24) is 15.5 Å². The Labute approximate surface area is 86.8 Å². The van der Waals surface area contributed by atoms with Gasteiger partial charge in [0.15, 0.2) is 5.82 Å². The number of alkyl halides is 1. The predicted molar refractivity (Wildman–Crippen MR) is 51.1 cm³/mol. The minimum atomic E-state index is -0.0599. The Bertz CT molecular complexity index is 276. The van der Waals surface area contributed by atoms with Crippen LogP contribution in [0.1, 0.15) is 25.1 Å². The molecule has 5 nitrogen and oxygen atoms in total. The predicted octanol–water partition coefficient (Wildman–Crippen LogP) is 0.918. The van der Waals surface area contributed by atoms with Gasteiger partial charge in [0.05, 0.1) is 0 Å². The first-order valence-electron chi connectivity index (χ1n) is 4.33. The number of nitrogens with one attached hydrogen (secondary N) is 1. The van der Waals surface area contributed by atoms with Gasteiger partial charge >= 0.3 is 0 Å². The number of halogens is 1. The van der Waals surface area contributed by atoms with Crippen molar-refractivity contribution in [3.8, 4) is 0 Å². The molecule has 1 N–H and O–H groups in total. The number of carbonyl (C=O) groups excluding carboxylic acids is 1. The first kappa shape index (κ1) is 11.0. The average Bonchev–Trinajstić information content (AvgIpc) is 2.67. The molecule has 1 aromatic heterocycles. The molecule has 0 bridgehead atoms. The molecule has 1 atom stereocenters. The van der Waals surface area contributed by atoms with Crippen molar-refractivity contribution in [3.05, 3.63) is 12.2 Å². The molecular formula is C8H12ClN3O2. The van der Waals surface area contributed by atoms with E-state index in [9.17, 15) is 4.79 Å². The van der Waals surface area contributed by atoms with E-state index in [2.05, 4.69) is 20.0 Å². The summed E-state index contributed by atoms with van der Waals surface area (Å²) < 4.78 is 4.60. The summed E-state index contributed by atoms with van der Waals surface area (Å²) in [6.45, 7) is 2.40. The van der Waals surface area contributed by atoms with Crippen LogP contribution in [0.3, 0.4) is 0 Å². The molecule has 1 unspecified atom stereocenters. The van der Waals surface area contributed by atoms with Gasteiger partial charge in [0.2, 0.25) is 12.3 Å². The van der Waals surface area contributed by atoms with E-state index in [-0.39, 0.29) is 11.8 Å². The van der Waals surface area contributed by atoms with Crippen LogP contribution in [0.5, 0.6) is 0 Å². The number of hydrogen-bond acceptors (Lipinski definition) is 4. The maximum atomic E-state index is 11.1. The Morgan fingerprint density at radius 1 is 1.79 bits per heavy atom. The van der Waals surface area contributed by atoms with Gasteiger partial charge in [-0.3, -0.25) is 4.79 Å². The fourth-order valence-corrected chi connectivity index (χ4v) is 1.10. The molecule has 0 fully saturated rings. The highest BCUT2D eigenvalue weighted by atomic mass is 35.5. The summed E-state index contributed by atoms with van der Waals surface area (Å²) >= 11 is 5.41. The molecule has 1 heterocycles. The van der Waals surface area contributed by atoms with Crippen molar-refractivity contribution >= 4 is 17.5 Å². The highest BCUT2D eigenvalue weighted by Gasteiger charge is 2.11. The van der Waals surface area contributed by atoms with Gasteiger partial charge in [-0.05, 0) is 0 Å². The molecule has 0 aromatic carbocycles. The minimum Gasteiger partial charge on any atom is -0.355 e. The van der Waals surface area contributed by atoms with Crippen LogP contribution in [0.15, 0.2) is 10.9 Å². The summed E-state index contributed by atoms with van der Waals surface area (Å²) in [6, 6.07) is 0. The summed E-state index contributed by atoms with van der Waals surface area (Å²) in [6.07, 6.45) is 1.60. The summed E-state index contributed by atoms with van der Waals surface area (Å²) in [5.74, 6) is 0.919. The lowest BCUT2D eigenvalue weighted by atomic mass is 10.1. The fourth-order valence-electron chi connectivity index (χ4n) is 0.928. The van der Waals surface area contributed by atoms with Crippen molar-refractivity contribution in [3.63, 3.8) is 0 Å². The van der Waals surface area contributed by atoms with E-state index in [0.29, 0.717) is 24.7 Å². The lowest BCUT2D eigenvalue weighted by Crippen LogP contribution is -2.27. The summed E-state index contributed by atoms with van der Waals surface area (Å²) in [7, 11) is 0. The molecule has 0 aliphatic carbocycles. The Balaban J connectivity index is 2.28. The van der Waals surface area contributed by atoms with Crippen molar-refractivity contribution in [2.24, 2.45) is 0 Å². The fraction of sp³-hybridized carbons (Fsp3) is 0.625. The van der Waals surface area contributed by atoms with E-state index in [4.69, 9.17) is 11.6 Å². The molecular weight excluding hydrogens is 206 g/mol. The van der Waals surface area contributed by atoms with E-state index in [1.807, 2.05) is 6.92 Å². The largest absolute Gasteiger partial charge is 0.355 e. The van der Waals surface area contributed by atoms with Crippen molar-refractivity contribution < 1.29 is 9.32 Å². The number of nitrogens with zero attached hydrogens (tertiary/aromatic N) is 2. The van der Waals surface area contributed by atoms with E-state index in [1.54, 1.807) is 0 Å². The third-order valence-corrected chi connectivity index (χ3v) is 1.94. The highest BCUT2D eigenvalue weighted by Crippen LogP contribution is 2.07. The molecule has 1 rings (SSSR count). The summed E-state index contributed by atoms with van der Waals surface area (Å²) in [5, 5.41) is 6.40. The molecule has 6 heteroatoms. The number of hydrogen-bond donors (Lipinski definition) is 1. The second kappa shape index (κ2) is 5.59. The van der Waals surface area contributed by atoms with E-state index in [0.717, 1.165) is 0 Å². The number of rotatable bonds is 5. The lowest BCUT2D eigenvalue weighted by Gasteiger charge is -2.07. The average molecular weight is 218 g/mol.